The van der Waals surface area contributed by atoms with Gasteiger partial charge in [0, 0.05) is 25.0 Å². The van der Waals surface area contributed by atoms with E-state index < -0.39 is 0 Å². The highest BCUT2D eigenvalue weighted by atomic mass is 16.3. The molecule has 0 spiro atoms. The average Bonchev–Trinajstić information content (AvgIpc) is 2.53. The van der Waals surface area contributed by atoms with Crippen LogP contribution in [0.5, 0.6) is 0 Å². The number of hydrogen-bond acceptors (Lipinski definition) is 2. The molecule has 1 N–H and O–H groups in total. The lowest BCUT2D eigenvalue weighted by molar-refractivity contribution is 0.171. The van der Waals surface area contributed by atoms with Crippen molar-refractivity contribution in [2.45, 2.75) is 13.0 Å². The second-order valence-corrected chi connectivity index (χ2v) is 2.88. The van der Waals surface area contributed by atoms with Crippen LogP contribution in [0, 0.1) is 0 Å². The smallest absolute Gasteiger partial charge is 0.0834 e. The molecule has 0 aromatic carbocycles. The minimum Gasteiger partial charge on any atom is -0.300 e. The van der Waals surface area contributed by atoms with Crippen LogP contribution in [-0.2, 0) is 11.7 Å². The minimum absolute atomic E-state index is 0.00726. The molecule has 12 heavy (non-hydrogen) atoms. The lowest BCUT2D eigenvalue weighted by Crippen LogP contribution is -2.19. The van der Waals surface area contributed by atoms with E-state index in [1.165, 1.54) is 0 Å². The fourth-order valence-electron chi connectivity index (χ4n) is 1.08. The molecule has 4 nitrogen and oxygen atoms in total. The van der Waals surface area contributed by atoms with Crippen LogP contribution < -0.4 is 0 Å². The maximum atomic E-state index is 10.2. The predicted molar refractivity (Wildman–Crippen MR) is 45.1 cm³/mol. The second kappa shape index (κ2) is 4.90. The molecule has 4 heteroatoms. The lowest BCUT2D eigenvalue weighted by Gasteiger charge is -2.13. The molecule has 1 rings (SSSR count). The highest BCUT2D eigenvalue weighted by Crippen LogP contribution is 1.97. The Morgan fingerprint density at radius 3 is 3.08 bits per heavy atom. The van der Waals surface area contributed by atoms with Crippen molar-refractivity contribution in [3.63, 3.8) is 0 Å². The molecule has 0 unspecified atom stereocenters. The number of aromatic nitrogens is 2. The zero-order valence-electron chi connectivity index (χ0n) is 7.29. The van der Waals surface area contributed by atoms with Gasteiger partial charge in [-0.3, -0.25) is 5.10 Å². The van der Waals surface area contributed by atoms with E-state index in [0.29, 0.717) is 6.42 Å². The summed E-state index contributed by atoms with van der Waals surface area (Å²) in [5.41, 5.74) is 1.09. The Morgan fingerprint density at radius 2 is 2.50 bits per heavy atom. The summed E-state index contributed by atoms with van der Waals surface area (Å²) in [6.45, 7) is 1.69. The van der Waals surface area contributed by atoms with Gasteiger partial charge >= 0.3 is 0 Å². The van der Waals surface area contributed by atoms with Gasteiger partial charge in [0.2, 0.25) is 0 Å². The third-order valence-electron chi connectivity index (χ3n) is 1.68. The van der Waals surface area contributed by atoms with Gasteiger partial charge in [0.25, 0.3) is 0 Å². The van der Waals surface area contributed by atoms with Crippen LogP contribution in [0.4, 0.5) is 0 Å². The van der Waals surface area contributed by atoms with Crippen molar-refractivity contribution in [1.29, 1.82) is 0 Å². The maximum absolute atomic E-state index is 10.2. The van der Waals surface area contributed by atoms with Crippen molar-refractivity contribution in [3.8, 4) is 0 Å². The van der Waals surface area contributed by atoms with Gasteiger partial charge in [-0.05, 0) is 19.5 Å². The molecule has 1 radical (unpaired) electrons. The molecule has 1 aromatic rings. The Labute approximate surface area is 72.2 Å². The van der Waals surface area contributed by atoms with Crippen molar-refractivity contribution < 1.29 is 5.11 Å². The van der Waals surface area contributed by atoms with Gasteiger partial charge in [-0.25, -0.2) is 5.11 Å². The summed E-state index contributed by atoms with van der Waals surface area (Å²) in [5, 5.41) is 16.9. The molecule has 0 saturated heterocycles. The second-order valence-electron chi connectivity index (χ2n) is 2.88. The average molecular weight is 168 g/mol. The van der Waals surface area contributed by atoms with Crippen molar-refractivity contribution in [2.75, 3.05) is 20.2 Å². The summed E-state index contributed by atoms with van der Waals surface area (Å²) in [7, 11) is 2.00. The Kier molecular flexibility index (Phi) is 3.76. The van der Waals surface area contributed by atoms with Crippen LogP contribution in [0.15, 0.2) is 12.3 Å². The molecule has 1 aromatic heterocycles. The first-order valence-corrected chi connectivity index (χ1v) is 4.08. The first-order chi connectivity index (χ1) is 5.83. The number of nitrogens with one attached hydrogen (secondary N) is 1. The summed E-state index contributed by atoms with van der Waals surface area (Å²) >= 11 is 0. The molecule has 1 heterocycles. The van der Waals surface area contributed by atoms with Crippen molar-refractivity contribution in [2.24, 2.45) is 0 Å². The van der Waals surface area contributed by atoms with Gasteiger partial charge in [-0.1, -0.05) is 0 Å². The molecule has 0 amide bonds. The number of aromatic amines is 1. The molecular formula is C8H14N3O. The highest BCUT2D eigenvalue weighted by Gasteiger charge is 1.99. The van der Waals surface area contributed by atoms with Crippen molar-refractivity contribution in [1.82, 2.24) is 15.1 Å². The Hall–Kier alpha value is -0.870. The topological polar surface area (TPSA) is 51.8 Å². The Balaban J connectivity index is 2.22. The van der Waals surface area contributed by atoms with Crippen LogP contribution in [0.3, 0.4) is 0 Å². The van der Waals surface area contributed by atoms with E-state index >= 15 is 0 Å². The van der Waals surface area contributed by atoms with E-state index in [2.05, 4.69) is 15.1 Å². The van der Waals surface area contributed by atoms with Gasteiger partial charge in [-0.2, -0.15) is 5.10 Å². The van der Waals surface area contributed by atoms with Gasteiger partial charge < -0.3 is 4.90 Å². The van der Waals surface area contributed by atoms with Gasteiger partial charge in [0.05, 0.1) is 6.61 Å². The van der Waals surface area contributed by atoms with Gasteiger partial charge in [-0.15, -0.1) is 0 Å². The molecule has 0 saturated carbocycles. The minimum atomic E-state index is 0.00726. The largest absolute Gasteiger partial charge is 0.300 e. The van der Waals surface area contributed by atoms with Crippen molar-refractivity contribution in [3.05, 3.63) is 18.0 Å². The van der Waals surface area contributed by atoms with Crippen LogP contribution in [0.25, 0.3) is 0 Å². The number of nitrogens with zero attached hydrogens (tertiary/aromatic N) is 2. The molecule has 0 aliphatic rings. The van der Waals surface area contributed by atoms with Crippen LogP contribution >= 0.6 is 0 Å². The van der Waals surface area contributed by atoms with Crippen molar-refractivity contribution >= 4 is 0 Å². The number of hydrogen-bond donors (Lipinski definition) is 1. The van der Waals surface area contributed by atoms with Gasteiger partial charge in [0.15, 0.2) is 0 Å². The van der Waals surface area contributed by atoms with E-state index in [-0.39, 0.29) is 6.61 Å². The summed E-state index contributed by atoms with van der Waals surface area (Å²) in [6, 6.07) is 1.94. The molecule has 0 aliphatic heterocycles. The predicted octanol–water partition coefficient (Wildman–Crippen LogP) is 0.662. The van der Waals surface area contributed by atoms with Gasteiger partial charge in [0.1, 0.15) is 0 Å². The number of H-pyrrole nitrogens is 1. The summed E-state index contributed by atoms with van der Waals surface area (Å²) in [4.78, 5) is 2.10. The third kappa shape index (κ3) is 3.02. The SMILES string of the molecule is CN(CCC[O])Cc1ccn[nH]1. The summed E-state index contributed by atoms with van der Waals surface area (Å²) in [6.07, 6.45) is 2.45. The summed E-state index contributed by atoms with van der Waals surface area (Å²) < 4.78 is 0. The Morgan fingerprint density at radius 1 is 1.67 bits per heavy atom. The van der Waals surface area contributed by atoms with E-state index in [0.717, 1.165) is 18.8 Å². The standard InChI is InChI=1S/C8H14N3O/c1-11(5-2-6-12)7-8-3-4-9-10-8/h3-4H,2,5-7H2,1H3,(H,9,10). The molecule has 0 aliphatic carbocycles. The van der Waals surface area contributed by atoms with E-state index in [4.69, 9.17) is 0 Å². The fraction of sp³-hybridized carbons (Fsp3) is 0.625. The first-order valence-electron chi connectivity index (χ1n) is 4.08. The number of rotatable bonds is 5. The quantitative estimate of drug-likeness (QED) is 0.702. The highest BCUT2D eigenvalue weighted by molar-refractivity contribution is 4.96. The molecule has 0 bridgehead atoms. The lowest BCUT2D eigenvalue weighted by atomic mass is 10.3. The Bertz CT molecular complexity index is 198. The van der Waals surface area contributed by atoms with E-state index in [1.807, 2.05) is 13.1 Å². The first kappa shape index (κ1) is 9.22. The van der Waals surface area contributed by atoms with E-state index in [9.17, 15) is 5.11 Å². The van der Waals surface area contributed by atoms with E-state index in [1.54, 1.807) is 6.20 Å². The molecule has 67 valence electrons. The molecule has 0 atom stereocenters. The monoisotopic (exact) mass is 168 g/mol. The van der Waals surface area contributed by atoms with Crippen LogP contribution in [0.1, 0.15) is 12.1 Å². The fourth-order valence-corrected chi connectivity index (χ4v) is 1.08. The maximum Gasteiger partial charge on any atom is 0.0834 e. The molecular weight excluding hydrogens is 154 g/mol. The molecule has 0 fully saturated rings. The summed E-state index contributed by atoms with van der Waals surface area (Å²) in [5.74, 6) is 0. The third-order valence-corrected chi connectivity index (χ3v) is 1.68. The normalized spacial score (nSPS) is 10.9. The van der Waals surface area contributed by atoms with Crippen LogP contribution in [0.2, 0.25) is 0 Å². The van der Waals surface area contributed by atoms with Crippen LogP contribution in [-0.4, -0.2) is 35.3 Å². The zero-order chi connectivity index (χ0) is 8.81. The zero-order valence-corrected chi connectivity index (χ0v) is 7.29.